The molecule has 2 N–H and O–H groups in total. The van der Waals surface area contributed by atoms with Crippen LogP contribution in [0.2, 0.25) is 0 Å². The minimum absolute atomic E-state index is 0.111. The van der Waals surface area contributed by atoms with Gasteiger partial charge < -0.3 is 15.4 Å². The number of amides is 2. The van der Waals surface area contributed by atoms with E-state index in [2.05, 4.69) is 29.6 Å². The van der Waals surface area contributed by atoms with Crippen LogP contribution >= 0.6 is 0 Å². The molecule has 2 amide bonds. The lowest BCUT2D eigenvalue weighted by atomic mass is 10.1. The molecule has 2 heterocycles. The molecule has 0 unspecified atom stereocenters. The normalized spacial score (nSPS) is 14.2. The summed E-state index contributed by atoms with van der Waals surface area (Å²) in [4.78, 5) is 11.6. The van der Waals surface area contributed by atoms with Crippen LogP contribution in [0.5, 0.6) is 0 Å². The molecular formula is C14H24N4O2. The Morgan fingerprint density at radius 3 is 3.00 bits per heavy atom. The summed E-state index contributed by atoms with van der Waals surface area (Å²) < 4.78 is 7.43. The summed E-state index contributed by atoms with van der Waals surface area (Å²) in [6, 6.07) is -0.111. The molecule has 6 nitrogen and oxygen atoms in total. The number of ether oxygens (including phenoxy) is 1. The van der Waals surface area contributed by atoms with Gasteiger partial charge in [-0.3, -0.25) is 4.68 Å². The van der Waals surface area contributed by atoms with E-state index in [0.717, 1.165) is 25.1 Å². The van der Waals surface area contributed by atoms with Crippen LogP contribution < -0.4 is 10.6 Å². The Balaban J connectivity index is 1.81. The number of carbonyl (C=O) groups excluding carboxylic acids is 1. The lowest BCUT2D eigenvalue weighted by Crippen LogP contribution is -2.38. The van der Waals surface area contributed by atoms with Crippen molar-refractivity contribution in [2.24, 2.45) is 13.0 Å². The topological polar surface area (TPSA) is 68.2 Å². The molecule has 112 valence electrons. The Morgan fingerprint density at radius 2 is 2.25 bits per heavy atom. The Labute approximate surface area is 119 Å². The van der Waals surface area contributed by atoms with E-state index in [1.807, 2.05) is 11.7 Å². The van der Waals surface area contributed by atoms with Gasteiger partial charge in [0.1, 0.15) is 0 Å². The zero-order valence-corrected chi connectivity index (χ0v) is 12.5. The molecule has 0 fully saturated rings. The number of nitrogens with one attached hydrogen (secondary N) is 2. The highest BCUT2D eigenvalue weighted by molar-refractivity contribution is 5.73. The Hall–Kier alpha value is -1.56. The fourth-order valence-corrected chi connectivity index (χ4v) is 2.34. The average Bonchev–Trinajstić information content (AvgIpc) is 2.74. The van der Waals surface area contributed by atoms with E-state index in [4.69, 9.17) is 4.74 Å². The van der Waals surface area contributed by atoms with E-state index in [-0.39, 0.29) is 6.03 Å². The van der Waals surface area contributed by atoms with Crippen molar-refractivity contribution >= 4 is 6.03 Å². The van der Waals surface area contributed by atoms with Crippen molar-refractivity contribution in [2.75, 3.05) is 19.7 Å². The van der Waals surface area contributed by atoms with Crippen molar-refractivity contribution in [3.63, 3.8) is 0 Å². The van der Waals surface area contributed by atoms with E-state index in [1.165, 1.54) is 11.3 Å². The fraction of sp³-hybridized carbons (Fsp3) is 0.714. The molecule has 0 saturated heterocycles. The van der Waals surface area contributed by atoms with Crippen LogP contribution in [0.1, 0.15) is 30.8 Å². The molecular weight excluding hydrogens is 256 g/mol. The zero-order chi connectivity index (χ0) is 14.5. The highest BCUT2D eigenvalue weighted by Gasteiger charge is 2.19. The van der Waals surface area contributed by atoms with Crippen LogP contribution in [-0.4, -0.2) is 35.5 Å². The number of carbonyl (C=O) groups is 1. The maximum Gasteiger partial charge on any atom is 0.314 e. The molecule has 1 aromatic rings. The second-order valence-electron chi connectivity index (χ2n) is 5.58. The van der Waals surface area contributed by atoms with Gasteiger partial charge in [-0.1, -0.05) is 13.8 Å². The van der Waals surface area contributed by atoms with Crippen LogP contribution in [0.25, 0.3) is 0 Å². The van der Waals surface area contributed by atoms with Gasteiger partial charge in [0.2, 0.25) is 0 Å². The maximum atomic E-state index is 11.6. The van der Waals surface area contributed by atoms with E-state index in [9.17, 15) is 4.79 Å². The minimum atomic E-state index is -0.111. The lowest BCUT2D eigenvalue weighted by Gasteiger charge is -2.14. The molecule has 0 spiro atoms. The first-order valence-electron chi connectivity index (χ1n) is 7.21. The van der Waals surface area contributed by atoms with E-state index >= 15 is 0 Å². The smallest absolute Gasteiger partial charge is 0.314 e. The molecule has 0 aliphatic carbocycles. The minimum Gasteiger partial charge on any atom is -0.376 e. The molecule has 1 aromatic heterocycles. The number of rotatable bonds is 5. The molecule has 0 atom stereocenters. The number of hydrogen-bond donors (Lipinski definition) is 2. The molecule has 0 saturated carbocycles. The van der Waals surface area contributed by atoms with Crippen molar-refractivity contribution < 1.29 is 9.53 Å². The molecule has 1 aliphatic rings. The van der Waals surface area contributed by atoms with Gasteiger partial charge in [0, 0.05) is 44.2 Å². The predicted molar refractivity (Wildman–Crippen MR) is 76.5 cm³/mol. The lowest BCUT2D eigenvalue weighted by molar-refractivity contribution is 0.108. The van der Waals surface area contributed by atoms with Crippen molar-refractivity contribution in [1.82, 2.24) is 20.4 Å². The van der Waals surface area contributed by atoms with Gasteiger partial charge in [-0.25, -0.2) is 4.79 Å². The second kappa shape index (κ2) is 6.74. The van der Waals surface area contributed by atoms with E-state index in [1.54, 1.807) is 0 Å². The van der Waals surface area contributed by atoms with Gasteiger partial charge >= 0.3 is 6.03 Å². The third-order valence-electron chi connectivity index (χ3n) is 3.41. The van der Waals surface area contributed by atoms with Gasteiger partial charge in [0.15, 0.2) is 0 Å². The Morgan fingerprint density at radius 1 is 1.45 bits per heavy atom. The standard InChI is InChI=1S/C14H24N4O2/c1-10(2)8-16-14(19)15-6-4-12-11-9-20-7-5-13(11)18(3)17-12/h10H,4-9H2,1-3H3,(H2,15,16,19). The van der Waals surface area contributed by atoms with E-state index < -0.39 is 0 Å². The quantitative estimate of drug-likeness (QED) is 0.845. The van der Waals surface area contributed by atoms with Gasteiger partial charge in [0.25, 0.3) is 0 Å². The number of hydrogen-bond acceptors (Lipinski definition) is 3. The summed E-state index contributed by atoms with van der Waals surface area (Å²) >= 11 is 0. The molecule has 2 rings (SSSR count). The summed E-state index contributed by atoms with van der Waals surface area (Å²) in [6.45, 7) is 6.83. The summed E-state index contributed by atoms with van der Waals surface area (Å²) in [5.41, 5.74) is 3.49. The molecule has 0 aromatic carbocycles. The largest absolute Gasteiger partial charge is 0.376 e. The second-order valence-corrected chi connectivity index (χ2v) is 5.58. The Bertz CT molecular complexity index is 468. The molecule has 6 heteroatoms. The highest BCUT2D eigenvalue weighted by atomic mass is 16.5. The van der Waals surface area contributed by atoms with Crippen LogP contribution in [0.15, 0.2) is 0 Å². The average molecular weight is 280 g/mol. The third-order valence-corrected chi connectivity index (χ3v) is 3.41. The number of nitrogens with zero attached hydrogens (tertiary/aromatic N) is 2. The fourth-order valence-electron chi connectivity index (χ4n) is 2.34. The molecule has 0 radical (unpaired) electrons. The number of urea groups is 1. The number of aromatic nitrogens is 2. The highest BCUT2D eigenvalue weighted by Crippen LogP contribution is 2.20. The zero-order valence-electron chi connectivity index (χ0n) is 12.5. The van der Waals surface area contributed by atoms with E-state index in [0.29, 0.717) is 25.6 Å². The van der Waals surface area contributed by atoms with Gasteiger partial charge in [-0.15, -0.1) is 0 Å². The summed E-state index contributed by atoms with van der Waals surface area (Å²) in [5, 5.41) is 10.2. The van der Waals surface area contributed by atoms with Crippen LogP contribution in [0, 0.1) is 5.92 Å². The molecule has 0 bridgehead atoms. The number of aryl methyl sites for hydroxylation is 1. The van der Waals surface area contributed by atoms with Crippen LogP contribution in [-0.2, 0) is 31.2 Å². The maximum absolute atomic E-state index is 11.6. The summed E-state index contributed by atoms with van der Waals surface area (Å²) in [5.74, 6) is 0.459. The van der Waals surface area contributed by atoms with Gasteiger partial charge in [0.05, 0.1) is 18.9 Å². The van der Waals surface area contributed by atoms with Crippen LogP contribution in [0.3, 0.4) is 0 Å². The Kier molecular flexibility index (Phi) is 5.00. The molecule has 20 heavy (non-hydrogen) atoms. The van der Waals surface area contributed by atoms with Gasteiger partial charge in [-0.05, 0) is 5.92 Å². The number of fused-ring (bicyclic) bond motifs is 1. The van der Waals surface area contributed by atoms with Crippen molar-refractivity contribution in [3.8, 4) is 0 Å². The van der Waals surface area contributed by atoms with Crippen molar-refractivity contribution in [1.29, 1.82) is 0 Å². The molecule has 1 aliphatic heterocycles. The SMILES string of the molecule is CC(C)CNC(=O)NCCc1nn(C)c2c1COCC2. The first-order valence-corrected chi connectivity index (χ1v) is 7.21. The summed E-state index contributed by atoms with van der Waals surface area (Å²) in [7, 11) is 1.97. The van der Waals surface area contributed by atoms with Gasteiger partial charge in [-0.2, -0.15) is 5.10 Å². The van der Waals surface area contributed by atoms with Crippen LogP contribution in [0.4, 0.5) is 4.79 Å². The monoisotopic (exact) mass is 280 g/mol. The van der Waals surface area contributed by atoms with Crippen molar-refractivity contribution in [3.05, 3.63) is 17.0 Å². The predicted octanol–water partition coefficient (Wildman–Crippen LogP) is 0.990. The van der Waals surface area contributed by atoms with Crippen molar-refractivity contribution in [2.45, 2.75) is 33.3 Å². The summed E-state index contributed by atoms with van der Waals surface area (Å²) in [6.07, 6.45) is 1.66. The first-order chi connectivity index (χ1) is 9.58. The third kappa shape index (κ3) is 3.72. The first kappa shape index (κ1) is 14.8.